The van der Waals surface area contributed by atoms with Crippen LogP contribution in [0.2, 0.25) is 0 Å². The number of hydrogen-bond acceptors (Lipinski definition) is 6. The monoisotopic (exact) mass is 606 g/mol. The van der Waals surface area contributed by atoms with Gasteiger partial charge in [0.15, 0.2) is 0 Å². The number of amides is 2. The second-order valence-corrected chi connectivity index (χ2v) is 11.2. The third-order valence-electron chi connectivity index (χ3n) is 7.96. The average molecular weight is 607 g/mol. The maximum absolute atomic E-state index is 12.9. The molecule has 1 fully saturated rings. The fourth-order valence-corrected chi connectivity index (χ4v) is 5.58. The number of ether oxygens (including phenoxy) is 1. The van der Waals surface area contributed by atoms with Gasteiger partial charge in [0.1, 0.15) is 13.2 Å². The first-order valence-electron chi connectivity index (χ1n) is 14.9. The Balaban J connectivity index is 1.12. The lowest BCUT2D eigenvalue weighted by Crippen LogP contribution is -2.50. The first kappa shape index (κ1) is 31.4. The van der Waals surface area contributed by atoms with Crippen LogP contribution in [0.15, 0.2) is 103 Å². The summed E-state index contributed by atoms with van der Waals surface area (Å²) in [6.07, 6.45) is 0. The number of rotatable bonds is 11. The number of carboxylic acid groups (broad SMARTS) is 1. The van der Waals surface area contributed by atoms with Crippen LogP contribution in [-0.2, 0) is 14.3 Å². The van der Waals surface area contributed by atoms with Crippen LogP contribution in [0.5, 0.6) is 0 Å². The van der Waals surface area contributed by atoms with Gasteiger partial charge in [0.25, 0.3) is 0 Å². The summed E-state index contributed by atoms with van der Waals surface area (Å²) < 4.78 is 5.45. The van der Waals surface area contributed by atoms with Gasteiger partial charge in [0, 0.05) is 46.0 Å². The maximum Gasteiger partial charge on any atom is 0.337 e. The van der Waals surface area contributed by atoms with Crippen molar-refractivity contribution in [2.45, 2.75) is 6.04 Å². The Bertz CT molecular complexity index is 1560. The summed E-state index contributed by atoms with van der Waals surface area (Å²) in [5.74, 6) is -1.88. The van der Waals surface area contributed by atoms with Crippen molar-refractivity contribution in [3.05, 3.63) is 120 Å². The quantitative estimate of drug-likeness (QED) is 0.248. The lowest BCUT2D eigenvalue weighted by Gasteiger charge is -2.39. The molecule has 1 aliphatic heterocycles. The molecule has 1 aliphatic rings. The highest BCUT2D eigenvalue weighted by molar-refractivity contribution is 6.02. The predicted molar refractivity (Wildman–Crippen MR) is 175 cm³/mol. The molecule has 0 aliphatic carbocycles. The highest BCUT2D eigenvalue weighted by Crippen LogP contribution is 2.30. The van der Waals surface area contributed by atoms with Gasteiger partial charge >= 0.3 is 5.97 Å². The molecule has 1 saturated heterocycles. The number of aromatic carboxylic acids is 1. The molecule has 0 bridgehead atoms. The van der Waals surface area contributed by atoms with E-state index in [2.05, 4.69) is 34.5 Å². The molecule has 2 amide bonds. The van der Waals surface area contributed by atoms with Gasteiger partial charge < -0.3 is 25.0 Å². The number of carbonyl (C=O) groups excluding carboxylic acids is 2. The first-order chi connectivity index (χ1) is 21.8. The zero-order valence-corrected chi connectivity index (χ0v) is 25.6. The molecular formula is C36H38N4O5. The van der Waals surface area contributed by atoms with Crippen LogP contribution < -0.4 is 10.2 Å². The lowest BCUT2D eigenvalue weighted by molar-refractivity contribution is -0.139. The highest BCUT2D eigenvalue weighted by Gasteiger charge is 2.28. The van der Waals surface area contributed by atoms with E-state index < -0.39 is 11.9 Å². The average Bonchev–Trinajstić information content (AvgIpc) is 3.06. The minimum Gasteiger partial charge on any atom is -0.478 e. The molecule has 0 radical (unpaired) electrons. The summed E-state index contributed by atoms with van der Waals surface area (Å²) in [7, 11) is 3.90. The molecule has 2 N–H and O–H groups in total. The molecule has 0 saturated carbocycles. The van der Waals surface area contributed by atoms with E-state index in [0.717, 1.165) is 16.8 Å². The molecule has 4 aromatic carbocycles. The van der Waals surface area contributed by atoms with Gasteiger partial charge in [-0.3, -0.25) is 14.5 Å². The summed E-state index contributed by atoms with van der Waals surface area (Å²) >= 11 is 0. The second-order valence-electron chi connectivity index (χ2n) is 11.2. The summed E-state index contributed by atoms with van der Waals surface area (Å²) in [5, 5.41) is 12.4. The van der Waals surface area contributed by atoms with E-state index >= 15 is 0 Å². The smallest absolute Gasteiger partial charge is 0.337 e. The van der Waals surface area contributed by atoms with Crippen LogP contribution in [0, 0.1) is 0 Å². The van der Waals surface area contributed by atoms with Crippen LogP contribution in [0.1, 0.15) is 27.5 Å². The van der Waals surface area contributed by atoms with Gasteiger partial charge in [-0.25, -0.2) is 4.79 Å². The number of piperazine rings is 1. The first-order valence-corrected chi connectivity index (χ1v) is 14.9. The third kappa shape index (κ3) is 7.94. The highest BCUT2D eigenvalue weighted by atomic mass is 16.5. The van der Waals surface area contributed by atoms with Crippen molar-refractivity contribution in [1.29, 1.82) is 0 Å². The summed E-state index contributed by atoms with van der Waals surface area (Å²) in [6, 6.07) is 33.4. The van der Waals surface area contributed by atoms with Gasteiger partial charge in [-0.1, -0.05) is 78.9 Å². The SMILES string of the molecule is CN(C)c1ccc(-c2ccc(NC(=O)COCC(=O)N3CCN(C(c4ccccc4)c4ccccc4)CC3)c(C(=O)O)c2)cc1. The number of benzene rings is 4. The third-order valence-corrected chi connectivity index (χ3v) is 7.96. The van der Waals surface area contributed by atoms with Gasteiger partial charge in [-0.05, 0) is 46.5 Å². The van der Waals surface area contributed by atoms with Crippen molar-refractivity contribution < 1.29 is 24.2 Å². The van der Waals surface area contributed by atoms with E-state index in [9.17, 15) is 19.5 Å². The number of carbonyl (C=O) groups is 3. The molecule has 9 nitrogen and oxygen atoms in total. The fourth-order valence-electron chi connectivity index (χ4n) is 5.58. The van der Waals surface area contributed by atoms with E-state index in [1.165, 1.54) is 17.2 Å². The summed E-state index contributed by atoms with van der Waals surface area (Å²) in [5.41, 5.74) is 5.15. The Kier molecular flexibility index (Phi) is 10.2. The van der Waals surface area contributed by atoms with Crippen LogP contribution >= 0.6 is 0 Å². The molecule has 0 atom stereocenters. The van der Waals surface area contributed by atoms with Gasteiger partial charge in [-0.15, -0.1) is 0 Å². The molecule has 0 unspecified atom stereocenters. The molecular weight excluding hydrogens is 568 g/mol. The van der Waals surface area contributed by atoms with Crippen molar-refractivity contribution in [1.82, 2.24) is 9.80 Å². The molecule has 4 aromatic rings. The molecule has 9 heteroatoms. The normalized spacial score (nSPS) is 13.4. The Morgan fingerprint density at radius 1 is 0.778 bits per heavy atom. The van der Waals surface area contributed by atoms with Crippen molar-refractivity contribution >= 4 is 29.2 Å². The van der Waals surface area contributed by atoms with E-state index in [-0.39, 0.29) is 36.4 Å². The topological polar surface area (TPSA) is 102 Å². The molecule has 1 heterocycles. The van der Waals surface area contributed by atoms with Crippen molar-refractivity contribution in [3.8, 4) is 11.1 Å². The van der Waals surface area contributed by atoms with E-state index in [0.29, 0.717) is 26.2 Å². The Morgan fingerprint density at radius 3 is 1.91 bits per heavy atom. The molecule has 5 rings (SSSR count). The van der Waals surface area contributed by atoms with Gasteiger partial charge in [0.2, 0.25) is 11.8 Å². The minimum absolute atomic E-state index is 0.0317. The summed E-state index contributed by atoms with van der Waals surface area (Å²) in [4.78, 5) is 43.6. The number of anilines is 2. The second kappa shape index (κ2) is 14.7. The van der Waals surface area contributed by atoms with Gasteiger partial charge in [0.05, 0.1) is 17.3 Å². The van der Waals surface area contributed by atoms with Crippen LogP contribution in [0.4, 0.5) is 11.4 Å². The van der Waals surface area contributed by atoms with Crippen LogP contribution in [0.3, 0.4) is 0 Å². The van der Waals surface area contributed by atoms with Crippen molar-refractivity contribution in [3.63, 3.8) is 0 Å². The number of carboxylic acids is 1. The number of nitrogens with zero attached hydrogens (tertiary/aromatic N) is 3. The number of hydrogen-bond donors (Lipinski definition) is 2. The van der Waals surface area contributed by atoms with E-state index in [1.807, 2.05) is 79.7 Å². The summed E-state index contributed by atoms with van der Waals surface area (Å²) in [6.45, 7) is 1.90. The number of nitrogens with one attached hydrogen (secondary N) is 1. The Hall–Kier alpha value is -4.99. The standard InChI is InChI=1S/C36H38N4O5/c1-38(2)30-16-13-26(14-17-30)29-15-18-32(31(23-29)36(43)44)37-33(41)24-45-25-34(42)39-19-21-40(22-20-39)35(27-9-5-3-6-10-27)28-11-7-4-8-12-28/h3-18,23,35H,19-22,24-25H2,1-2H3,(H,37,41)(H,43,44). The maximum atomic E-state index is 12.9. The van der Waals surface area contributed by atoms with E-state index in [4.69, 9.17) is 4.74 Å². The minimum atomic E-state index is -1.16. The van der Waals surface area contributed by atoms with Crippen LogP contribution in [0.25, 0.3) is 11.1 Å². The Morgan fingerprint density at radius 2 is 1.36 bits per heavy atom. The zero-order chi connectivity index (χ0) is 31.8. The zero-order valence-electron chi connectivity index (χ0n) is 25.6. The fraction of sp³-hybridized carbons (Fsp3) is 0.250. The molecule has 45 heavy (non-hydrogen) atoms. The molecule has 0 aromatic heterocycles. The Labute approximate surface area is 263 Å². The van der Waals surface area contributed by atoms with Crippen molar-refractivity contribution in [2.75, 3.05) is 63.7 Å². The largest absolute Gasteiger partial charge is 0.478 e. The lowest BCUT2D eigenvalue weighted by atomic mass is 9.96. The molecule has 0 spiro atoms. The predicted octanol–water partition coefficient (Wildman–Crippen LogP) is 5.01. The molecule has 232 valence electrons. The van der Waals surface area contributed by atoms with E-state index in [1.54, 1.807) is 17.0 Å². The van der Waals surface area contributed by atoms with Crippen LogP contribution in [-0.4, -0.2) is 86.2 Å². The van der Waals surface area contributed by atoms with Gasteiger partial charge in [-0.2, -0.15) is 0 Å². The van der Waals surface area contributed by atoms with Crippen molar-refractivity contribution in [2.24, 2.45) is 0 Å².